The highest BCUT2D eigenvalue weighted by Gasteiger charge is 2.17. The molecule has 84 valence electrons. The molecule has 0 amide bonds. The van der Waals surface area contributed by atoms with Crippen LogP contribution < -0.4 is 15.2 Å². The Labute approximate surface area is 96.5 Å². The lowest BCUT2D eigenvalue weighted by Gasteiger charge is -2.13. The van der Waals surface area contributed by atoms with Gasteiger partial charge in [0.2, 0.25) is 0 Å². The van der Waals surface area contributed by atoms with E-state index >= 15 is 0 Å². The van der Waals surface area contributed by atoms with Gasteiger partial charge in [0.05, 0.1) is 18.7 Å². The van der Waals surface area contributed by atoms with E-state index in [0.717, 1.165) is 0 Å². The third kappa shape index (κ3) is 2.41. The summed E-state index contributed by atoms with van der Waals surface area (Å²) in [6, 6.07) is 1.30. The highest BCUT2D eigenvalue weighted by atomic mass is 79.9. The maximum Gasteiger partial charge on any atom is 0.175 e. The van der Waals surface area contributed by atoms with Crippen molar-refractivity contribution in [2.24, 2.45) is 5.73 Å². The smallest absolute Gasteiger partial charge is 0.175 e. The lowest BCUT2D eigenvalue weighted by atomic mass is 10.1. The van der Waals surface area contributed by atoms with Crippen LogP contribution in [-0.2, 0) is 6.42 Å². The van der Waals surface area contributed by atoms with Crippen LogP contribution in [0.2, 0.25) is 0 Å². The molecule has 0 bridgehead atoms. The summed E-state index contributed by atoms with van der Waals surface area (Å²) in [5.74, 6) is 0.509. The Bertz CT molecular complexity index is 358. The molecule has 0 aromatic heterocycles. The number of methoxy groups -OCH3 is 2. The SMILES string of the molecule is COc1cc(F)c(CCN)c(Br)c1OC. The Morgan fingerprint density at radius 3 is 2.53 bits per heavy atom. The molecule has 1 aromatic rings. The van der Waals surface area contributed by atoms with E-state index in [-0.39, 0.29) is 5.82 Å². The van der Waals surface area contributed by atoms with E-state index in [9.17, 15) is 4.39 Å². The molecule has 2 N–H and O–H groups in total. The molecule has 0 spiro atoms. The standard InChI is InChI=1S/C10H13BrFNO2/c1-14-8-5-7(12)6(3-4-13)9(11)10(8)15-2/h5H,3-4,13H2,1-2H3. The first kappa shape index (κ1) is 12.3. The zero-order chi connectivity index (χ0) is 11.4. The van der Waals surface area contributed by atoms with Crippen LogP contribution in [0.5, 0.6) is 11.5 Å². The summed E-state index contributed by atoms with van der Waals surface area (Å²) in [7, 11) is 2.97. The topological polar surface area (TPSA) is 44.5 Å². The van der Waals surface area contributed by atoms with Crippen LogP contribution in [-0.4, -0.2) is 20.8 Å². The van der Waals surface area contributed by atoms with Crippen molar-refractivity contribution in [1.29, 1.82) is 0 Å². The van der Waals surface area contributed by atoms with Crippen LogP contribution in [0.1, 0.15) is 5.56 Å². The highest BCUT2D eigenvalue weighted by Crippen LogP contribution is 2.39. The van der Waals surface area contributed by atoms with Crippen LogP contribution in [0.15, 0.2) is 10.5 Å². The van der Waals surface area contributed by atoms with Gasteiger partial charge in [-0.3, -0.25) is 0 Å². The van der Waals surface area contributed by atoms with Gasteiger partial charge in [-0.25, -0.2) is 4.39 Å². The lowest BCUT2D eigenvalue weighted by molar-refractivity contribution is 0.349. The minimum atomic E-state index is -0.343. The van der Waals surface area contributed by atoms with E-state index in [2.05, 4.69) is 15.9 Å². The van der Waals surface area contributed by atoms with E-state index in [0.29, 0.717) is 34.5 Å². The number of benzene rings is 1. The van der Waals surface area contributed by atoms with Crippen molar-refractivity contribution in [2.75, 3.05) is 20.8 Å². The summed E-state index contributed by atoms with van der Waals surface area (Å²) < 4.78 is 24.3. The Morgan fingerprint density at radius 2 is 2.07 bits per heavy atom. The Kier molecular flexibility index (Phi) is 4.35. The summed E-state index contributed by atoms with van der Waals surface area (Å²) >= 11 is 3.28. The summed E-state index contributed by atoms with van der Waals surface area (Å²) in [6.07, 6.45) is 0.451. The highest BCUT2D eigenvalue weighted by molar-refractivity contribution is 9.10. The van der Waals surface area contributed by atoms with E-state index in [1.54, 1.807) is 0 Å². The van der Waals surface area contributed by atoms with Crippen LogP contribution >= 0.6 is 15.9 Å². The van der Waals surface area contributed by atoms with Gasteiger partial charge < -0.3 is 15.2 Å². The molecule has 0 aliphatic heterocycles. The van der Waals surface area contributed by atoms with E-state index in [4.69, 9.17) is 15.2 Å². The fourth-order valence-electron chi connectivity index (χ4n) is 1.33. The molecule has 0 fully saturated rings. The van der Waals surface area contributed by atoms with Crippen molar-refractivity contribution in [3.63, 3.8) is 0 Å². The summed E-state index contributed by atoms with van der Waals surface area (Å²) in [5, 5.41) is 0. The maximum atomic E-state index is 13.6. The fraction of sp³-hybridized carbons (Fsp3) is 0.400. The van der Waals surface area contributed by atoms with Gasteiger partial charge in [0.1, 0.15) is 5.82 Å². The number of ether oxygens (including phenoxy) is 2. The van der Waals surface area contributed by atoms with E-state index < -0.39 is 0 Å². The molecule has 0 aliphatic carbocycles. The predicted molar refractivity (Wildman–Crippen MR) is 60.0 cm³/mol. The molecule has 0 atom stereocenters. The van der Waals surface area contributed by atoms with Crippen LogP contribution in [0, 0.1) is 5.82 Å². The van der Waals surface area contributed by atoms with Crippen molar-refractivity contribution >= 4 is 15.9 Å². The lowest BCUT2D eigenvalue weighted by Crippen LogP contribution is -2.06. The Morgan fingerprint density at radius 1 is 1.40 bits per heavy atom. The van der Waals surface area contributed by atoms with Crippen molar-refractivity contribution in [2.45, 2.75) is 6.42 Å². The van der Waals surface area contributed by atoms with Crippen LogP contribution in [0.4, 0.5) is 4.39 Å². The molecule has 3 nitrogen and oxygen atoms in total. The van der Waals surface area contributed by atoms with E-state index in [1.807, 2.05) is 0 Å². The van der Waals surface area contributed by atoms with Gasteiger partial charge >= 0.3 is 0 Å². The Hall–Kier alpha value is -0.810. The van der Waals surface area contributed by atoms with Gasteiger partial charge in [-0.05, 0) is 28.9 Å². The molecule has 5 heteroatoms. The second-order valence-corrected chi connectivity index (χ2v) is 3.72. The van der Waals surface area contributed by atoms with Crippen LogP contribution in [0.25, 0.3) is 0 Å². The van der Waals surface area contributed by atoms with Crippen molar-refractivity contribution in [3.05, 3.63) is 21.9 Å². The fourth-order valence-corrected chi connectivity index (χ4v) is 2.08. The molecule has 0 saturated carbocycles. The molecule has 0 radical (unpaired) electrons. The summed E-state index contributed by atoms with van der Waals surface area (Å²) in [5.41, 5.74) is 5.91. The van der Waals surface area contributed by atoms with Gasteiger partial charge in [0, 0.05) is 11.6 Å². The van der Waals surface area contributed by atoms with Crippen molar-refractivity contribution < 1.29 is 13.9 Å². The molecular weight excluding hydrogens is 265 g/mol. The predicted octanol–water partition coefficient (Wildman–Crippen LogP) is 2.11. The summed E-state index contributed by atoms with van der Waals surface area (Å²) in [6.45, 7) is 0.380. The second kappa shape index (κ2) is 5.32. The molecule has 15 heavy (non-hydrogen) atoms. The molecule has 1 rings (SSSR count). The first-order chi connectivity index (χ1) is 7.15. The zero-order valence-electron chi connectivity index (χ0n) is 8.64. The van der Waals surface area contributed by atoms with Crippen molar-refractivity contribution in [1.82, 2.24) is 0 Å². The average Bonchev–Trinajstić information content (AvgIpc) is 2.23. The monoisotopic (exact) mass is 277 g/mol. The Balaban J connectivity index is 3.31. The third-order valence-corrected chi connectivity index (χ3v) is 2.89. The van der Waals surface area contributed by atoms with Crippen LogP contribution in [0.3, 0.4) is 0 Å². The minimum absolute atomic E-state index is 0.343. The average molecular weight is 278 g/mol. The van der Waals surface area contributed by atoms with Gasteiger partial charge in [-0.2, -0.15) is 0 Å². The minimum Gasteiger partial charge on any atom is -0.493 e. The number of hydrogen-bond donors (Lipinski definition) is 1. The quantitative estimate of drug-likeness (QED) is 0.917. The van der Waals surface area contributed by atoms with E-state index in [1.165, 1.54) is 20.3 Å². The molecule has 0 saturated heterocycles. The van der Waals surface area contributed by atoms with Gasteiger partial charge in [-0.1, -0.05) is 0 Å². The first-order valence-corrected chi connectivity index (χ1v) is 5.23. The third-order valence-electron chi connectivity index (χ3n) is 2.05. The number of nitrogens with two attached hydrogens (primary N) is 1. The second-order valence-electron chi connectivity index (χ2n) is 2.93. The molecular formula is C10H13BrFNO2. The van der Waals surface area contributed by atoms with Crippen molar-refractivity contribution in [3.8, 4) is 11.5 Å². The van der Waals surface area contributed by atoms with Gasteiger partial charge in [0.15, 0.2) is 11.5 Å². The molecule has 0 heterocycles. The molecule has 1 aromatic carbocycles. The zero-order valence-corrected chi connectivity index (χ0v) is 10.2. The number of rotatable bonds is 4. The normalized spacial score (nSPS) is 10.2. The molecule has 0 aliphatic rings. The number of halogens is 2. The maximum absolute atomic E-state index is 13.6. The number of hydrogen-bond acceptors (Lipinski definition) is 3. The largest absolute Gasteiger partial charge is 0.493 e. The first-order valence-electron chi connectivity index (χ1n) is 4.44. The molecule has 0 unspecified atom stereocenters. The van der Waals surface area contributed by atoms with Gasteiger partial charge in [-0.15, -0.1) is 0 Å². The summed E-state index contributed by atoms with van der Waals surface area (Å²) in [4.78, 5) is 0. The van der Waals surface area contributed by atoms with Gasteiger partial charge in [0.25, 0.3) is 0 Å².